The summed E-state index contributed by atoms with van der Waals surface area (Å²) < 4.78 is 0.846. The highest BCUT2D eigenvalue weighted by atomic mass is 127. The van der Waals surface area contributed by atoms with Gasteiger partial charge in [-0.15, -0.1) is 0 Å². The van der Waals surface area contributed by atoms with E-state index in [1.165, 1.54) is 12.4 Å². The summed E-state index contributed by atoms with van der Waals surface area (Å²) in [6.45, 7) is 1.70. The number of nitrogens with zero attached hydrogens (tertiary/aromatic N) is 3. The number of nitro groups is 1. The van der Waals surface area contributed by atoms with Crippen molar-refractivity contribution in [2.75, 3.05) is 5.32 Å². The molecule has 0 radical (unpaired) electrons. The zero-order chi connectivity index (χ0) is 13.1. The maximum atomic E-state index is 10.8. The minimum absolute atomic E-state index is 0.0871. The molecule has 0 aliphatic rings. The van der Waals surface area contributed by atoms with E-state index in [-0.39, 0.29) is 5.69 Å². The molecule has 6 nitrogen and oxygen atoms in total. The van der Waals surface area contributed by atoms with E-state index in [1.54, 1.807) is 25.3 Å². The molecule has 0 saturated carbocycles. The molecular weight excluding hydrogens is 347 g/mol. The molecule has 2 rings (SSSR count). The third-order valence-corrected chi connectivity index (χ3v) is 3.13. The molecule has 0 aliphatic carbocycles. The number of rotatable bonds is 3. The zero-order valence-electron chi connectivity index (χ0n) is 9.42. The van der Waals surface area contributed by atoms with Crippen molar-refractivity contribution < 1.29 is 4.92 Å². The zero-order valence-corrected chi connectivity index (χ0v) is 11.6. The molecule has 0 unspecified atom stereocenters. The molecular formula is C11H9IN4O2. The number of benzene rings is 1. The maximum absolute atomic E-state index is 10.8. The fourth-order valence-corrected chi connectivity index (χ4v) is 1.86. The lowest BCUT2D eigenvalue weighted by atomic mass is 10.2. The maximum Gasteiger partial charge on any atom is 0.274 e. The van der Waals surface area contributed by atoms with Gasteiger partial charge in [-0.2, -0.15) is 0 Å². The number of aryl methyl sites for hydroxylation is 1. The van der Waals surface area contributed by atoms with Crippen LogP contribution >= 0.6 is 22.6 Å². The van der Waals surface area contributed by atoms with E-state index in [1.807, 2.05) is 0 Å². The summed E-state index contributed by atoms with van der Waals surface area (Å²) in [4.78, 5) is 18.4. The van der Waals surface area contributed by atoms with Crippen LogP contribution in [0.1, 0.15) is 5.56 Å². The second-order valence-electron chi connectivity index (χ2n) is 3.60. The van der Waals surface area contributed by atoms with Gasteiger partial charge in [-0.3, -0.25) is 10.1 Å². The van der Waals surface area contributed by atoms with Gasteiger partial charge >= 0.3 is 0 Å². The van der Waals surface area contributed by atoms with Crippen molar-refractivity contribution in [3.05, 3.63) is 50.0 Å². The number of nitrogens with one attached hydrogen (secondary N) is 1. The monoisotopic (exact) mass is 356 g/mol. The van der Waals surface area contributed by atoms with Gasteiger partial charge in [-0.05, 0) is 35.6 Å². The van der Waals surface area contributed by atoms with Crippen LogP contribution in [0.4, 0.5) is 17.2 Å². The third kappa shape index (κ3) is 2.73. The predicted octanol–water partition coefficient (Wildman–Crippen LogP) is 3.04. The summed E-state index contributed by atoms with van der Waals surface area (Å²) in [5, 5.41) is 13.9. The Morgan fingerprint density at radius 2 is 2.22 bits per heavy atom. The molecule has 0 bridgehead atoms. The first-order valence-corrected chi connectivity index (χ1v) is 6.13. The molecule has 1 aromatic carbocycles. The van der Waals surface area contributed by atoms with E-state index in [0.717, 1.165) is 3.57 Å². The highest BCUT2D eigenvalue weighted by Gasteiger charge is 2.11. The van der Waals surface area contributed by atoms with Crippen molar-refractivity contribution in [2.45, 2.75) is 6.92 Å². The first kappa shape index (κ1) is 12.7. The molecule has 1 aromatic heterocycles. The van der Waals surface area contributed by atoms with E-state index in [2.05, 4.69) is 37.9 Å². The van der Waals surface area contributed by atoms with Gasteiger partial charge in [0.25, 0.3) is 5.69 Å². The van der Waals surface area contributed by atoms with Crippen LogP contribution in [0.25, 0.3) is 0 Å². The smallest absolute Gasteiger partial charge is 0.274 e. The summed E-state index contributed by atoms with van der Waals surface area (Å²) in [6.07, 6.45) is 3.09. The van der Waals surface area contributed by atoms with E-state index in [0.29, 0.717) is 17.1 Å². The molecule has 0 atom stereocenters. The Balaban J connectivity index is 2.33. The normalized spacial score (nSPS) is 10.1. The molecule has 1 N–H and O–H groups in total. The van der Waals surface area contributed by atoms with Crippen LogP contribution in [0.5, 0.6) is 0 Å². The molecule has 0 aliphatic heterocycles. The molecule has 1 heterocycles. The summed E-state index contributed by atoms with van der Waals surface area (Å²) in [6, 6.07) is 4.97. The fourth-order valence-electron chi connectivity index (χ4n) is 1.43. The number of hydrogen-bond donors (Lipinski definition) is 1. The topological polar surface area (TPSA) is 81.0 Å². The van der Waals surface area contributed by atoms with Crippen molar-refractivity contribution >= 4 is 39.8 Å². The summed E-state index contributed by atoms with van der Waals surface area (Å²) in [7, 11) is 0. The van der Waals surface area contributed by atoms with Gasteiger partial charge in [0.05, 0.1) is 8.49 Å². The molecule has 7 heteroatoms. The SMILES string of the molecule is Cc1ccc(Nc2ncncc2I)cc1[N+](=O)[O-]. The molecule has 0 amide bonds. The molecule has 2 aromatic rings. The lowest BCUT2D eigenvalue weighted by molar-refractivity contribution is -0.385. The van der Waals surface area contributed by atoms with Gasteiger partial charge in [0.2, 0.25) is 0 Å². The van der Waals surface area contributed by atoms with Crippen LogP contribution in [-0.4, -0.2) is 14.9 Å². The average molecular weight is 356 g/mol. The van der Waals surface area contributed by atoms with Crippen molar-refractivity contribution in [1.82, 2.24) is 9.97 Å². The minimum Gasteiger partial charge on any atom is -0.339 e. The highest BCUT2D eigenvalue weighted by Crippen LogP contribution is 2.25. The van der Waals surface area contributed by atoms with E-state index >= 15 is 0 Å². The number of hydrogen-bond acceptors (Lipinski definition) is 5. The van der Waals surface area contributed by atoms with Crippen LogP contribution in [0.15, 0.2) is 30.7 Å². The Kier molecular flexibility index (Phi) is 3.70. The van der Waals surface area contributed by atoms with Crippen molar-refractivity contribution in [3.8, 4) is 0 Å². The molecule has 0 spiro atoms. The van der Waals surface area contributed by atoms with Crippen LogP contribution in [0.2, 0.25) is 0 Å². The second kappa shape index (κ2) is 5.25. The Bertz CT molecular complexity index is 603. The highest BCUT2D eigenvalue weighted by molar-refractivity contribution is 14.1. The van der Waals surface area contributed by atoms with Gasteiger partial charge in [0.1, 0.15) is 12.1 Å². The quantitative estimate of drug-likeness (QED) is 0.519. The van der Waals surface area contributed by atoms with Crippen molar-refractivity contribution in [3.63, 3.8) is 0 Å². The van der Waals surface area contributed by atoms with Crippen molar-refractivity contribution in [1.29, 1.82) is 0 Å². The van der Waals surface area contributed by atoms with Crippen LogP contribution in [-0.2, 0) is 0 Å². The predicted molar refractivity (Wildman–Crippen MR) is 75.9 cm³/mol. The van der Waals surface area contributed by atoms with Gasteiger partial charge in [-0.1, -0.05) is 6.07 Å². The van der Waals surface area contributed by atoms with Gasteiger partial charge in [0, 0.05) is 23.5 Å². The standard InChI is InChI=1S/C11H9IN4O2/c1-7-2-3-8(4-10(7)16(17)18)15-11-9(12)5-13-6-14-11/h2-6H,1H3,(H,13,14,15). The Hall–Kier alpha value is -1.77. The second-order valence-corrected chi connectivity index (χ2v) is 4.76. The van der Waals surface area contributed by atoms with E-state index in [4.69, 9.17) is 0 Å². The van der Waals surface area contributed by atoms with Crippen LogP contribution in [0.3, 0.4) is 0 Å². The summed E-state index contributed by atoms with van der Waals surface area (Å²) in [5.74, 6) is 0.628. The minimum atomic E-state index is -0.397. The Labute approximate surface area is 117 Å². The molecule has 0 saturated heterocycles. The van der Waals surface area contributed by atoms with E-state index < -0.39 is 4.92 Å². The largest absolute Gasteiger partial charge is 0.339 e. The average Bonchev–Trinajstić information content (AvgIpc) is 2.34. The van der Waals surface area contributed by atoms with Crippen LogP contribution in [0, 0.1) is 20.6 Å². The first-order valence-electron chi connectivity index (χ1n) is 5.05. The number of nitro benzene ring substituents is 1. The number of aromatic nitrogens is 2. The number of anilines is 2. The molecule has 0 fully saturated rings. The summed E-state index contributed by atoms with van der Waals surface area (Å²) in [5.41, 5.74) is 1.34. The summed E-state index contributed by atoms with van der Waals surface area (Å²) >= 11 is 2.09. The number of halogens is 1. The van der Waals surface area contributed by atoms with Gasteiger partial charge in [-0.25, -0.2) is 9.97 Å². The lowest BCUT2D eigenvalue weighted by Gasteiger charge is -2.07. The Morgan fingerprint density at radius 1 is 1.44 bits per heavy atom. The van der Waals surface area contributed by atoms with Gasteiger partial charge < -0.3 is 5.32 Å². The fraction of sp³-hybridized carbons (Fsp3) is 0.0909. The van der Waals surface area contributed by atoms with Crippen molar-refractivity contribution in [2.24, 2.45) is 0 Å². The third-order valence-electron chi connectivity index (χ3n) is 2.34. The molecule has 18 heavy (non-hydrogen) atoms. The lowest BCUT2D eigenvalue weighted by Crippen LogP contribution is -1.98. The Morgan fingerprint density at radius 3 is 2.89 bits per heavy atom. The van der Waals surface area contributed by atoms with Crippen LogP contribution < -0.4 is 5.32 Å². The van der Waals surface area contributed by atoms with E-state index in [9.17, 15) is 10.1 Å². The molecule has 92 valence electrons. The van der Waals surface area contributed by atoms with Gasteiger partial charge in [0.15, 0.2) is 0 Å². The first-order chi connectivity index (χ1) is 8.58.